The Balaban J connectivity index is 1.35. The van der Waals surface area contributed by atoms with Gasteiger partial charge in [0.1, 0.15) is 0 Å². The van der Waals surface area contributed by atoms with Gasteiger partial charge in [-0.3, -0.25) is 0 Å². The van der Waals surface area contributed by atoms with Gasteiger partial charge in [-0.15, -0.1) is 0 Å². The van der Waals surface area contributed by atoms with Crippen molar-refractivity contribution in [3.63, 3.8) is 0 Å². The summed E-state index contributed by atoms with van der Waals surface area (Å²) in [5.41, 5.74) is 7.24. The van der Waals surface area contributed by atoms with Gasteiger partial charge in [0.15, 0.2) is 0 Å². The minimum absolute atomic E-state index is 1.20. The van der Waals surface area contributed by atoms with E-state index in [0.29, 0.717) is 0 Å². The van der Waals surface area contributed by atoms with Crippen LogP contribution in [0.5, 0.6) is 0 Å². The number of hydrogen-bond acceptors (Lipinski definition) is 2. The van der Waals surface area contributed by atoms with E-state index >= 15 is 0 Å². The molecule has 0 unspecified atom stereocenters. The molecule has 0 amide bonds. The molecule has 58 heavy (non-hydrogen) atoms. The van der Waals surface area contributed by atoms with Crippen LogP contribution < -0.4 is 27.4 Å². The van der Waals surface area contributed by atoms with E-state index in [1.54, 1.807) is 0 Å². The third kappa shape index (κ3) is 7.96. The van der Waals surface area contributed by atoms with Crippen molar-refractivity contribution in [1.82, 2.24) is 0 Å². The van der Waals surface area contributed by atoms with Gasteiger partial charge in [0.05, 0.1) is 0 Å². The molecule has 8 aromatic carbocycles. The van der Waals surface area contributed by atoms with Crippen LogP contribution in [0.25, 0.3) is 32.3 Å². The third-order valence-electron chi connectivity index (χ3n) is 12.1. The molecule has 0 spiro atoms. The van der Waals surface area contributed by atoms with Crippen LogP contribution >= 0.6 is 0 Å². The molecule has 2 nitrogen and oxygen atoms in total. The first-order chi connectivity index (χ1) is 27.3. The van der Waals surface area contributed by atoms with Gasteiger partial charge in [0.2, 0.25) is 0 Å². The molecule has 0 aliphatic rings. The Hall–Kier alpha value is -3.43. The average molecular weight is 1000 g/mol. The van der Waals surface area contributed by atoms with Crippen LogP contribution in [0.15, 0.2) is 146 Å². The molecule has 0 N–H and O–H groups in total. The monoisotopic (exact) mass is 1010 g/mol. The number of nitrogens with zero attached hydrogens (tertiary/aromatic N) is 2. The summed E-state index contributed by atoms with van der Waals surface area (Å²) < 4.78 is 6.11. The van der Waals surface area contributed by atoms with Crippen molar-refractivity contribution in [3.05, 3.63) is 146 Å². The van der Waals surface area contributed by atoms with Gasteiger partial charge in [-0.2, -0.15) is 0 Å². The zero-order chi connectivity index (χ0) is 41.4. The van der Waals surface area contributed by atoms with Crippen molar-refractivity contribution in [2.75, 3.05) is 9.80 Å². The molecule has 0 aromatic heterocycles. The van der Waals surface area contributed by atoms with E-state index in [-0.39, 0.29) is 0 Å². The summed E-state index contributed by atoms with van der Waals surface area (Å²) in [6.45, 7) is 0. The normalized spacial score (nSPS) is 12.8. The Morgan fingerprint density at radius 1 is 0.259 bits per heavy atom. The van der Waals surface area contributed by atoms with Crippen LogP contribution in [0.2, 0.25) is 69.1 Å². The first kappa shape index (κ1) is 41.3. The quantitative estimate of drug-likeness (QED) is 0.0995. The maximum absolute atomic E-state index is 2.50. The van der Waals surface area contributed by atoms with Crippen LogP contribution in [0.1, 0.15) is 0 Å². The summed E-state index contributed by atoms with van der Waals surface area (Å²) in [4.78, 5) is 5.00. The molecular weight excluding hydrogens is 943 g/mol. The standard InChI is InChI=1S/C52H60Ge4N2/c1-53(2,3)39-17-25-43(26-18-39)57(44-27-19-40(20-28-44)54(4,5)6)49-35-15-37-14-34-48-50(36-16-38-13-33-47(49)51(37)52(38)48)58(45-29-21-41(22-30-45)55(7,8)9)46-31-23-42(24-32-46)56(10,11)12/h13-36H,1-12H3. The summed E-state index contributed by atoms with van der Waals surface area (Å²) in [7, 11) is 0. The number of hydrogen-bond donors (Lipinski definition) is 0. The van der Waals surface area contributed by atoms with Crippen LogP contribution in [0.3, 0.4) is 0 Å². The fourth-order valence-electron chi connectivity index (χ4n) is 8.46. The van der Waals surface area contributed by atoms with Gasteiger partial charge in [0.25, 0.3) is 0 Å². The van der Waals surface area contributed by atoms with Gasteiger partial charge in [-0.25, -0.2) is 0 Å². The predicted octanol–water partition coefficient (Wildman–Crippen LogP) is 13.7. The summed E-state index contributed by atoms with van der Waals surface area (Å²) >= 11 is -8.02. The summed E-state index contributed by atoms with van der Waals surface area (Å²) in [5.74, 6) is 29.7. The second-order valence-electron chi connectivity index (χ2n) is 20.5. The molecule has 0 saturated heterocycles. The van der Waals surface area contributed by atoms with E-state index in [4.69, 9.17) is 0 Å². The van der Waals surface area contributed by atoms with E-state index in [1.807, 2.05) is 0 Å². The van der Waals surface area contributed by atoms with Crippen LogP contribution in [0, 0.1) is 0 Å². The Bertz CT molecular complexity index is 2420. The van der Waals surface area contributed by atoms with E-state index < -0.39 is 53.1 Å². The minimum atomic E-state index is -2.01. The van der Waals surface area contributed by atoms with Crippen LogP contribution in [0.4, 0.5) is 34.1 Å². The Morgan fingerprint density at radius 2 is 0.483 bits per heavy atom. The molecule has 0 atom stereocenters. The number of anilines is 6. The van der Waals surface area contributed by atoms with E-state index in [1.165, 1.54) is 84.0 Å². The molecule has 0 radical (unpaired) electrons. The van der Waals surface area contributed by atoms with Crippen molar-refractivity contribution in [2.45, 2.75) is 69.1 Å². The zero-order valence-corrected chi connectivity index (χ0v) is 45.1. The number of benzene rings is 8. The molecule has 0 heterocycles. The molecule has 8 aromatic rings. The van der Waals surface area contributed by atoms with Gasteiger partial charge < -0.3 is 0 Å². The van der Waals surface area contributed by atoms with E-state index in [2.05, 4.69) is 224 Å². The molecule has 0 aliphatic carbocycles. The van der Waals surface area contributed by atoms with Crippen molar-refractivity contribution in [2.24, 2.45) is 0 Å². The molecule has 8 rings (SSSR count). The zero-order valence-electron chi connectivity index (χ0n) is 36.8. The molecule has 0 saturated carbocycles. The second-order valence-corrected chi connectivity index (χ2v) is 63.1. The second kappa shape index (κ2) is 15.2. The first-order valence-electron chi connectivity index (χ1n) is 21.0. The van der Waals surface area contributed by atoms with Gasteiger partial charge in [-0.1, -0.05) is 0 Å². The Labute approximate surface area is 358 Å². The van der Waals surface area contributed by atoms with Crippen LogP contribution in [-0.2, 0) is 0 Å². The summed E-state index contributed by atoms with van der Waals surface area (Å²) in [6.07, 6.45) is 0. The van der Waals surface area contributed by atoms with Gasteiger partial charge in [-0.05, 0) is 0 Å². The maximum atomic E-state index is 2.50. The van der Waals surface area contributed by atoms with Gasteiger partial charge >= 0.3 is 362 Å². The molecular formula is C52H60Ge4N2. The number of rotatable bonds is 10. The molecule has 0 aliphatic heterocycles. The fraction of sp³-hybridized carbons (Fsp3) is 0.231. The predicted molar refractivity (Wildman–Crippen MR) is 271 cm³/mol. The summed E-state index contributed by atoms with van der Waals surface area (Å²) in [6, 6.07) is 56.9. The van der Waals surface area contributed by atoms with E-state index in [9.17, 15) is 0 Å². The van der Waals surface area contributed by atoms with Crippen molar-refractivity contribution in [1.29, 1.82) is 0 Å². The molecule has 0 fully saturated rings. The molecule has 6 heteroatoms. The molecule has 0 bridgehead atoms. The van der Waals surface area contributed by atoms with E-state index in [0.717, 1.165) is 0 Å². The van der Waals surface area contributed by atoms with Crippen LogP contribution in [-0.4, -0.2) is 53.1 Å². The van der Waals surface area contributed by atoms with Crippen molar-refractivity contribution < 1.29 is 0 Å². The topological polar surface area (TPSA) is 6.48 Å². The first-order valence-corrected chi connectivity index (χ1v) is 50.4. The SMILES string of the molecule is [CH3][Ge]([CH3])([CH3])[c]1ccc(N(c2cc[c]([Ge]([CH3])([CH3])[CH3])cc2)c2ccc3ccc4c(N(c5cc[c]([Ge]([CH3])([CH3])[CH3])cc5)c5cc[c]([Ge]([CH3])([CH3])[CH3])cc5)ccc5ccc2c3c54)cc1. The van der Waals surface area contributed by atoms with Crippen molar-refractivity contribution in [3.8, 4) is 0 Å². The Kier molecular flexibility index (Phi) is 10.9. The Morgan fingerprint density at radius 3 is 0.707 bits per heavy atom. The third-order valence-corrected chi connectivity index (χ3v) is 29.4. The average Bonchev–Trinajstić information content (AvgIpc) is 3.17. The summed E-state index contributed by atoms with van der Waals surface area (Å²) in [5, 5.41) is 7.75. The van der Waals surface area contributed by atoms with Gasteiger partial charge in [0, 0.05) is 0 Å². The molecule has 294 valence electrons. The van der Waals surface area contributed by atoms with Crippen molar-refractivity contribution >= 4 is 137 Å². The fourth-order valence-corrected chi connectivity index (χ4v) is 18.2.